The van der Waals surface area contributed by atoms with Gasteiger partial charge in [0.2, 0.25) is 11.1 Å². The van der Waals surface area contributed by atoms with E-state index in [-0.39, 0.29) is 21.8 Å². The highest BCUT2D eigenvalue weighted by atomic mass is 35.5. The summed E-state index contributed by atoms with van der Waals surface area (Å²) in [5.74, 6) is 5.21. The van der Waals surface area contributed by atoms with E-state index in [9.17, 15) is 18.0 Å². The van der Waals surface area contributed by atoms with Crippen LogP contribution < -0.4 is 11.2 Å². The Balaban J connectivity index is 1.72. The molecule has 3 aromatic rings. The van der Waals surface area contributed by atoms with Gasteiger partial charge in [-0.05, 0) is 36.4 Å². The van der Waals surface area contributed by atoms with Crippen LogP contribution in [0.2, 0.25) is 15.1 Å². The van der Waals surface area contributed by atoms with E-state index >= 15 is 0 Å². The van der Waals surface area contributed by atoms with Crippen LogP contribution >= 0.6 is 46.6 Å². The number of nitrogens with one attached hydrogen (secondary N) is 1. The molecule has 1 aromatic heterocycles. The lowest BCUT2D eigenvalue weighted by Gasteiger charge is -2.14. The minimum atomic E-state index is -4.68. The van der Waals surface area contributed by atoms with Crippen molar-refractivity contribution >= 4 is 58.2 Å². The van der Waals surface area contributed by atoms with Crippen LogP contribution in [-0.4, -0.2) is 26.5 Å². The van der Waals surface area contributed by atoms with Gasteiger partial charge in [-0.25, -0.2) is 4.68 Å². The molecule has 3 N–H and O–H groups in total. The quantitative estimate of drug-likeness (QED) is 0.366. The molecular formula is C17H11Cl3F3N5OS. The number of hydrogen-bond acceptors (Lipinski definition) is 5. The maximum Gasteiger partial charge on any atom is 0.418 e. The van der Waals surface area contributed by atoms with E-state index in [4.69, 9.17) is 40.6 Å². The molecule has 6 nitrogen and oxygen atoms in total. The van der Waals surface area contributed by atoms with Gasteiger partial charge in [0.1, 0.15) is 0 Å². The number of hydrogen-bond donors (Lipinski definition) is 2. The molecule has 0 aliphatic carbocycles. The summed E-state index contributed by atoms with van der Waals surface area (Å²) in [6.45, 7) is 0. The first kappa shape index (κ1) is 22.5. The van der Waals surface area contributed by atoms with Gasteiger partial charge in [0.15, 0.2) is 5.82 Å². The maximum absolute atomic E-state index is 13.1. The Bertz CT molecular complexity index is 1110. The van der Waals surface area contributed by atoms with Crippen molar-refractivity contribution in [2.24, 2.45) is 0 Å². The predicted octanol–water partition coefficient (Wildman–Crippen LogP) is 5.37. The second-order valence-electron chi connectivity index (χ2n) is 5.82. The molecule has 0 bridgehead atoms. The fourth-order valence-corrected chi connectivity index (χ4v) is 3.61. The van der Waals surface area contributed by atoms with Gasteiger partial charge < -0.3 is 11.2 Å². The number of aromatic nitrogens is 3. The second kappa shape index (κ2) is 8.93. The molecule has 0 atom stereocenters. The van der Waals surface area contributed by atoms with E-state index < -0.39 is 23.3 Å². The minimum absolute atomic E-state index is 0.0989. The van der Waals surface area contributed by atoms with Gasteiger partial charge in [-0.3, -0.25) is 4.79 Å². The Hall–Kier alpha value is -2.14. The van der Waals surface area contributed by atoms with Crippen molar-refractivity contribution in [3.63, 3.8) is 0 Å². The summed E-state index contributed by atoms with van der Waals surface area (Å²) in [7, 11) is 0. The number of carbonyl (C=O) groups excluding carboxylic acids is 1. The van der Waals surface area contributed by atoms with Crippen LogP contribution in [-0.2, 0) is 11.0 Å². The number of benzene rings is 2. The number of carbonyl (C=O) groups is 1. The first-order valence-corrected chi connectivity index (χ1v) is 10.1. The van der Waals surface area contributed by atoms with Gasteiger partial charge in [-0.2, -0.15) is 13.2 Å². The molecule has 1 heterocycles. The van der Waals surface area contributed by atoms with Crippen LogP contribution in [0.15, 0.2) is 41.6 Å². The van der Waals surface area contributed by atoms with E-state index in [0.29, 0.717) is 15.6 Å². The van der Waals surface area contributed by atoms with Crippen molar-refractivity contribution in [2.45, 2.75) is 11.3 Å². The number of amides is 1. The van der Waals surface area contributed by atoms with Crippen LogP contribution in [0.3, 0.4) is 0 Å². The maximum atomic E-state index is 13.1. The highest BCUT2D eigenvalue weighted by molar-refractivity contribution is 7.99. The zero-order chi connectivity index (χ0) is 22.1. The summed E-state index contributed by atoms with van der Waals surface area (Å²) < 4.78 is 40.5. The molecule has 0 aliphatic rings. The largest absolute Gasteiger partial charge is 0.418 e. The molecule has 0 fully saturated rings. The Morgan fingerprint density at radius 3 is 2.47 bits per heavy atom. The summed E-state index contributed by atoms with van der Waals surface area (Å²) >= 11 is 18.6. The topological polar surface area (TPSA) is 85.8 Å². The third-order valence-corrected chi connectivity index (χ3v) is 5.47. The third kappa shape index (κ3) is 5.12. The molecule has 13 heteroatoms. The molecule has 30 heavy (non-hydrogen) atoms. The number of anilines is 1. The predicted molar refractivity (Wildman–Crippen MR) is 111 cm³/mol. The van der Waals surface area contributed by atoms with Crippen molar-refractivity contribution in [2.75, 3.05) is 16.9 Å². The van der Waals surface area contributed by atoms with E-state index in [1.807, 2.05) is 0 Å². The molecule has 0 saturated heterocycles. The van der Waals surface area contributed by atoms with Crippen LogP contribution in [0.4, 0.5) is 18.9 Å². The highest BCUT2D eigenvalue weighted by Gasteiger charge is 2.34. The number of rotatable bonds is 5. The molecule has 1 amide bonds. The fourth-order valence-electron chi connectivity index (χ4n) is 2.40. The standard InChI is InChI=1S/C17H11Cl3F3N5OS/c18-8-1-3-12(20)10(5-8)15-26-27-16(28(15)24)30-7-14(29)25-13-4-2-9(19)6-11(13)17(21,22)23/h1-6H,7,24H2,(H,25,29). The molecule has 0 aliphatic heterocycles. The summed E-state index contributed by atoms with van der Waals surface area (Å²) in [6, 6.07) is 7.78. The van der Waals surface area contributed by atoms with Gasteiger partial charge in [0.25, 0.3) is 0 Å². The summed E-state index contributed by atoms with van der Waals surface area (Å²) in [6.07, 6.45) is -4.68. The van der Waals surface area contributed by atoms with Crippen LogP contribution in [0, 0.1) is 0 Å². The first-order valence-electron chi connectivity index (χ1n) is 8.01. The van der Waals surface area contributed by atoms with Crippen LogP contribution in [0.1, 0.15) is 5.56 Å². The molecule has 3 rings (SSSR count). The Kier molecular flexibility index (Phi) is 6.71. The number of alkyl halides is 3. The number of nitrogen functional groups attached to an aromatic ring is 1. The van der Waals surface area contributed by atoms with E-state index in [2.05, 4.69) is 15.5 Å². The fraction of sp³-hybridized carbons (Fsp3) is 0.118. The van der Waals surface area contributed by atoms with Crippen molar-refractivity contribution in [3.8, 4) is 11.4 Å². The summed E-state index contributed by atoms with van der Waals surface area (Å²) in [5, 5.41) is 10.8. The average molecular weight is 497 g/mol. The van der Waals surface area contributed by atoms with Crippen LogP contribution in [0.5, 0.6) is 0 Å². The van der Waals surface area contributed by atoms with Crippen molar-refractivity contribution in [1.29, 1.82) is 0 Å². The van der Waals surface area contributed by atoms with Gasteiger partial charge in [-0.1, -0.05) is 46.6 Å². The zero-order valence-corrected chi connectivity index (χ0v) is 17.8. The Morgan fingerprint density at radius 1 is 1.10 bits per heavy atom. The average Bonchev–Trinajstić information content (AvgIpc) is 3.03. The molecule has 2 aromatic carbocycles. The monoisotopic (exact) mass is 495 g/mol. The Labute approximate surface area is 187 Å². The zero-order valence-electron chi connectivity index (χ0n) is 14.7. The van der Waals surface area contributed by atoms with Crippen LogP contribution in [0.25, 0.3) is 11.4 Å². The van der Waals surface area contributed by atoms with Gasteiger partial charge in [0, 0.05) is 15.6 Å². The number of nitrogens with two attached hydrogens (primary N) is 1. The minimum Gasteiger partial charge on any atom is -0.335 e. The summed E-state index contributed by atoms with van der Waals surface area (Å²) in [5.41, 5.74) is -1.02. The number of halogens is 6. The van der Waals surface area contributed by atoms with E-state index in [0.717, 1.165) is 28.6 Å². The smallest absolute Gasteiger partial charge is 0.335 e. The van der Waals surface area contributed by atoms with Gasteiger partial charge in [-0.15, -0.1) is 10.2 Å². The molecule has 0 spiro atoms. The normalized spacial score (nSPS) is 11.5. The lowest BCUT2D eigenvalue weighted by Crippen LogP contribution is -2.19. The van der Waals surface area contributed by atoms with Gasteiger partial charge in [0.05, 0.1) is 22.0 Å². The number of nitrogens with zero attached hydrogens (tertiary/aromatic N) is 3. The molecule has 158 valence electrons. The Morgan fingerprint density at radius 2 is 1.77 bits per heavy atom. The van der Waals surface area contributed by atoms with Crippen molar-refractivity contribution in [1.82, 2.24) is 14.9 Å². The second-order valence-corrected chi connectivity index (χ2v) is 8.05. The highest BCUT2D eigenvalue weighted by Crippen LogP contribution is 2.36. The first-order chi connectivity index (χ1) is 14.1. The molecule has 0 unspecified atom stereocenters. The molecule has 0 saturated carbocycles. The van der Waals surface area contributed by atoms with Crippen molar-refractivity contribution < 1.29 is 18.0 Å². The van der Waals surface area contributed by atoms with E-state index in [1.165, 1.54) is 6.07 Å². The third-order valence-electron chi connectivity index (χ3n) is 3.73. The van der Waals surface area contributed by atoms with Crippen molar-refractivity contribution in [3.05, 3.63) is 57.0 Å². The molecule has 0 radical (unpaired) electrons. The SMILES string of the molecule is Nn1c(SCC(=O)Nc2ccc(Cl)cc2C(F)(F)F)nnc1-c1cc(Cl)ccc1Cl. The number of thioether (sulfide) groups is 1. The summed E-state index contributed by atoms with van der Waals surface area (Å²) in [4.78, 5) is 12.2. The van der Waals surface area contributed by atoms with Gasteiger partial charge >= 0.3 is 6.18 Å². The van der Waals surface area contributed by atoms with E-state index in [1.54, 1.807) is 18.2 Å². The lowest BCUT2D eigenvalue weighted by atomic mass is 10.1. The lowest BCUT2D eigenvalue weighted by molar-refractivity contribution is -0.137. The molecular weight excluding hydrogens is 486 g/mol.